The van der Waals surface area contributed by atoms with E-state index in [-0.39, 0.29) is 28.0 Å². The molecule has 0 unspecified atom stereocenters. The summed E-state index contributed by atoms with van der Waals surface area (Å²) < 4.78 is 0. The van der Waals surface area contributed by atoms with Gasteiger partial charge >= 0.3 is 0 Å². The first-order chi connectivity index (χ1) is 16.1. The van der Waals surface area contributed by atoms with Gasteiger partial charge in [-0.05, 0) is 77.4 Å². The monoisotopic (exact) mass is 494 g/mol. The number of carbonyl (C=O) groups excluding carboxylic acids is 3. The molecular weight excluding hydrogens is 460 g/mol. The summed E-state index contributed by atoms with van der Waals surface area (Å²) in [6.07, 6.45) is 1.66. The highest BCUT2D eigenvalue weighted by atomic mass is 32.2. The standard InChI is InChI=1S/C28H34N2O4S/c1-16-10-9-11-21(17(16)2)29-23(31)15-30-25(33)22(35-26(30)34)14-18-12-19(27(3,4)5)24(32)20(13-18)28(6,7)8/h9-14,32H,15H2,1-8H3,(H,29,31)/b22-14-. The Hall–Kier alpha value is -3.06. The van der Waals surface area contributed by atoms with Crippen molar-refractivity contribution < 1.29 is 19.5 Å². The van der Waals surface area contributed by atoms with Crippen molar-refractivity contribution >= 4 is 40.6 Å². The Morgan fingerprint density at radius 1 is 1.03 bits per heavy atom. The fourth-order valence-corrected chi connectivity index (χ4v) is 4.73. The molecular formula is C28H34N2O4S. The van der Waals surface area contributed by atoms with E-state index in [1.807, 2.05) is 79.7 Å². The number of imide groups is 1. The third kappa shape index (κ3) is 5.78. The predicted octanol–water partition coefficient (Wildman–Crippen LogP) is 6.28. The maximum atomic E-state index is 13.0. The average Bonchev–Trinajstić information content (AvgIpc) is 2.98. The molecule has 0 atom stereocenters. The minimum atomic E-state index is -0.501. The Kier molecular flexibility index (Phi) is 7.23. The molecule has 0 bridgehead atoms. The minimum absolute atomic E-state index is 0.248. The van der Waals surface area contributed by atoms with Crippen molar-refractivity contribution in [3.63, 3.8) is 0 Å². The number of aromatic hydroxyl groups is 1. The summed E-state index contributed by atoms with van der Waals surface area (Å²) in [6.45, 7) is 15.6. The molecule has 0 aromatic heterocycles. The van der Waals surface area contributed by atoms with E-state index in [4.69, 9.17) is 0 Å². The van der Waals surface area contributed by atoms with Gasteiger partial charge in [-0.25, -0.2) is 0 Å². The molecule has 1 aliphatic heterocycles. The number of phenols is 1. The van der Waals surface area contributed by atoms with Gasteiger partial charge in [-0.15, -0.1) is 0 Å². The largest absolute Gasteiger partial charge is 0.507 e. The summed E-state index contributed by atoms with van der Waals surface area (Å²) in [5.41, 5.74) is 4.25. The van der Waals surface area contributed by atoms with Gasteiger partial charge < -0.3 is 10.4 Å². The molecule has 7 heteroatoms. The number of aryl methyl sites for hydroxylation is 1. The molecule has 1 saturated heterocycles. The number of thioether (sulfide) groups is 1. The fourth-order valence-electron chi connectivity index (χ4n) is 3.89. The van der Waals surface area contributed by atoms with Crippen molar-refractivity contribution in [3.05, 3.63) is 63.1 Å². The highest BCUT2D eigenvalue weighted by molar-refractivity contribution is 8.18. The molecule has 2 aromatic carbocycles. The van der Waals surface area contributed by atoms with E-state index in [2.05, 4.69) is 5.32 Å². The Bertz CT molecular complexity index is 1200. The molecule has 0 saturated carbocycles. The van der Waals surface area contributed by atoms with Crippen LogP contribution < -0.4 is 5.32 Å². The number of hydrogen-bond acceptors (Lipinski definition) is 5. The van der Waals surface area contributed by atoms with Crippen molar-refractivity contribution in [2.45, 2.75) is 66.2 Å². The summed E-state index contributed by atoms with van der Waals surface area (Å²) in [7, 11) is 0. The van der Waals surface area contributed by atoms with Crippen molar-refractivity contribution in [2.24, 2.45) is 0 Å². The quantitative estimate of drug-likeness (QED) is 0.489. The summed E-state index contributed by atoms with van der Waals surface area (Å²) in [4.78, 5) is 39.5. The van der Waals surface area contributed by atoms with Crippen LogP contribution in [-0.2, 0) is 20.4 Å². The number of phenolic OH excluding ortho intramolecular Hbond substituents is 1. The number of amides is 3. The van der Waals surface area contributed by atoms with E-state index in [1.54, 1.807) is 12.1 Å². The van der Waals surface area contributed by atoms with Gasteiger partial charge in [-0.1, -0.05) is 53.7 Å². The molecule has 6 nitrogen and oxygen atoms in total. The zero-order chi connectivity index (χ0) is 26.3. The summed E-state index contributed by atoms with van der Waals surface area (Å²) >= 11 is 0.817. The second-order valence-corrected chi connectivity index (χ2v) is 12.0. The maximum Gasteiger partial charge on any atom is 0.294 e. The van der Waals surface area contributed by atoms with Crippen LogP contribution in [-0.4, -0.2) is 33.6 Å². The highest BCUT2D eigenvalue weighted by Crippen LogP contribution is 2.41. The van der Waals surface area contributed by atoms with Gasteiger partial charge in [0.2, 0.25) is 5.91 Å². The minimum Gasteiger partial charge on any atom is -0.507 e. The number of nitrogens with zero attached hydrogens (tertiary/aromatic N) is 1. The van der Waals surface area contributed by atoms with Crippen LogP contribution in [0.4, 0.5) is 10.5 Å². The lowest BCUT2D eigenvalue weighted by molar-refractivity contribution is -0.127. The Balaban J connectivity index is 1.88. The topological polar surface area (TPSA) is 86.7 Å². The lowest BCUT2D eigenvalue weighted by atomic mass is 9.78. The summed E-state index contributed by atoms with van der Waals surface area (Å²) in [5, 5.41) is 13.3. The first-order valence-electron chi connectivity index (χ1n) is 11.6. The molecule has 3 amide bonds. The van der Waals surface area contributed by atoms with Crippen LogP contribution in [0.1, 0.15) is 69.4 Å². The van der Waals surface area contributed by atoms with Gasteiger partial charge in [0.15, 0.2) is 0 Å². The molecule has 1 heterocycles. The number of rotatable bonds is 4. The maximum absolute atomic E-state index is 13.0. The molecule has 0 aliphatic carbocycles. The zero-order valence-corrected chi connectivity index (χ0v) is 22.5. The molecule has 35 heavy (non-hydrogen) atoms. The number of benzene rings is 2. The van der Waals surface area contributed by atoms with Gasteiger partial charge in [-0.3, -0.25) is 19.3 Å². The van der Waals surface area contributed by atoms with Crippen LogP contribution in [0.2, 0.25) is 0 Å². The molecule has 186 valence electrons. The van der Waals surface area contributed by atoms with Crippen LogP contribution in [0.5, 0.6) is 5.75 Å². The van der Waals surface area contributed by atoms with Crippen LogP contribution in [0.3, 0.4) is 0 Å². The van der Waals surface area contributed by atoms with Crippen LogP contribution in [0.25, 0.3) is 6.08 Å². The Morgan fingerprint density at radius 2 is 1.60 bits per heavy atom. The fraction of sp³-hybridized carbons (Fsp3) is 0.393. The van der Waals surface area contributed by atoms with Gasteiger partial charge in [0.05, 0.1) is 4.91 Å². The first-order valence-corrected chi connectivity index (χ1v) is 12.4. The first kappa shape index (κ1) is 26.5. The van der Waals surface area contributed by atoms with Crippen LogP contribution >= 0.6 is 11.8 Å². The molecule has 2 N–H and O–H groups in total. The normalized spacial score (nSPS) is 15.8. The Morgan fingerprint density at radius 3 is 2.14 bits per heavy atom. The van der Waals surface area contributed by atoms with Crippen molar-refractivity contribution in [2.75, 3.05) is 11.9 Å². The van der Waals surface area contributed by atoms with E-state index in [9.17, 15) is 19.5 Å². The second kappa shape index (κ2) is 9.53. The average molecular weight is 495 g/mol. The van der Waals surface area contributed by atoms with E-state index < -0.39 is 17.1 Å². The smallest absolute Gasteiger partial charge is 0.294 e. The van der Waals surface area contributed by atoms with Crippen molar-refractivity contribution in [3.8, 4) is 5.75 Å². The van der Waals surface area contributed by atoms with E-state index in [0.717, 1.165) is 44.5 Å². The zero-order valence-electron chi connectivity index (χ0n) is 21.7. The number of carbonyl (C=O) groups is 3. The second-order valence-electron chi connectivity index (χ2n) is 11.0. The van der Waals surface area contributed by atoms with Gasteiger partial charge in [0, 0.05) is 16.8 Å². The lowest BCUT2D eigenvalue weighted by Gasteiger charge is -2.28. The number of anilines is 1. The SMILES string of the molecule is Cc1cccc(NC(=O)CN2C(=O)S/C(=C\c3cc(C(C)(C)C)c(O)c(C(C)(C)C)c3)C2=O)c1C. The number of nitrogens with one attached hydrogen (secondary N) is 1. The highest BCUT2D eigenvalue weighted by Gasteiger charge is 2.36. The number of hydrogen-bond donors (Lipinski definition) is 2. The molecule has 0 spiro atoms. The lowest BCUT2D eigenvalue weighted by Crippen LogP contribution is -2.36. The third-order valence-electron chi connectivity index (χ3n) is 6.10. The van der Waals surface area contributed by atoms with Crippen LogP contribution in [0.15, 0.2) is 35.2 Å². The molecule has 2 aromatic rings. The van der Waals surface area contributed by atoms with Gasteiger partial charge in [0.25, 0.3) is 11.1 Å². The molecule has 0 radical (unpaired) electrons. The summed E-state index contributed by atoms with van der Waals surface area (Å²) in [6, 6.07) is 9.29. The van der Waals surface area contributed by atoms with Crippen molar-refractivity contribution in [1.82, 2.24) is 4.90 Å². The molecule has 3 rings (SSSR count). The summed E-state index contributed by atoms with van der Waals surface area (Å²) in [5.74, 6) is -0.686. The van der Waals surface area contributed by atoms with E-state index in [1.165, 1.54) is 0 Å². The molecule has 1 aliphatic rings. The molecule has 1 fully saturated rings. The van der Waals surface area contributed by atoms with Gasteiger partial charge in [0.1, 0.15) is 12.3 Å². The van der Waals surface area contributed by atoms with Crippen molar-refractivity contribution in [1.29, 1.82) is 0 Å². The third-order valence-corrected chi connectivity index (χ3v) is 7.01. The Labute approximate surface area is 211 Å². The van der Waals surface area contributed by atoms with Crippen LogP contribution in [0, 0.1) is 13.8 Å². The van der Waals surface area contributed by atoms with Gasteiger partial charge in [-0.2, -0.15) is 0 Å². The predicted molar refractivity (Wildman–Crippen MR) is 143 cm³/mol. The van der Waals surface area contributed by atoms with E-state index in [0.29, 0.717) is 5.69 Å². The van der Waals surface area contributed by atoms with E-state index >= 15 is 0 Å².